The van der Waals surface area contributed by atoms with Gasteiger partial charge in [0.05, 0.1) is 42.5 Å². The van der Waals surface area contributed by atoms with Crippen LogP contribution >= 0.6 is 0 Å². The maximum atomic E-state index is 14.5. The first-order valence-corrected chi connectivity index (χ1v) is 20.5. The number of nitrogens with two attached hydrogens (primary N) is 1. The Morgan fingerprint density at radius 1 is 1.10 bits per heavy atom. The summed E-state index contributed by atoms with van der Waals surface area (Å²) < 4.78 is 37.7. The number of oxime groups is 1. The van der Waals surface area contributed by atoms with Crippen LogP contribution in [-0.4, -0.2) is 131 Å². The van der Waals surface area contributed by atoms with Crippen molar-refractivity contribution in [1.29, 1.82) is 0 Å². The van der Waals surface area contributed by atoms with E-state index < -0.39 is 83.2 Å². The van der Waals surface area contributed by atoms with E-state index in [0.717, 1.165) is 0 Å². The van der Waals surface area contributed by atoms with Gasteiger partial charge in [0.1, 0.15) is 36.0 Å². The molecule has 2 bridgehead atoms. The van der Waals surface area contributed by atoms with Crippen LogP contribution in [0.25, 0.3) is 11.0 Å². The van der Waals surface area contributed by atoms with E-state index in [1.807, 2.05) is 38.9 Å². The van der Waals surface area contributed by atoms with E-state index >= 15 is 0 Å². The van der Waals surface area contributed by atoms with E-state index in [-0.39, 0.29) is 56.3 Å². The highest BCUT2D eigenvalue weighted by molar-refractivity contribution is 6.00. The molecule has 0 radical (unpaired) electrons. The zero-order valence-electron chi connectivity index (χ0n) is 36.2. The highest BCUT2D eigenvalue weighted by atomic mass is 16.7. The molecule has 17 heteroatoms. The summed E-state index contributed by atoms with van der Waals surface area (Å²) in [5.41, 5.74) is 4.49. The number of hydrogen-bond donors (Lipinski definition) is 3. The largest absolute Gasteiger partial charge is 0.459 e. The number of ketones is 1. The number of Topliss-reactive ketones (excluding diaryl/α,β-unsaturated/α-hetero) is 1. The van der Waals surface area contributed by atoms with Crippen LogP contribution in [0.15, 0.2) is 32.9 Å². The van der Waals surface area contributed by atoms with Gasteiger partial charge in [-0.3, -0.25) is 14.4 Å². The first kappa shape index (κ1) is 46.2. The number of carbonyl (C=O) groups excluding carboxylic acids is 3. The van der Waals surface area contributed by atoms with Crippen molar-refractivity contribution in [2.45, 2.75) is 142 Å². The van der Waals surface area contributed by atoms with Crippen LogP contribution < -0.4 is 5.73 Å². The fourth-order valence-corrected chi connectivity index (χ4v) is 8.90. The third-order valence-electron chi connectivity index (χ3n) is 12.1. The van der Waals surface area contributed by atoms with Crippen LogP contribution in [-0.2, 0) is 49.5 Å². The van der Waals surface area contributed by atoms with Crippen molar-refractivity contribution in [2.75, 3.05) is 33.0 Å². The fourth-order valence-electron chi connectivity index (χ4n) is 8.90. The number of hydrogen-bond acceptors (Lipinski definition) is 16. The van der Waals surface area contributed by atoms with Gasteiger partial charge in [0.15, 0.2) is 23.5 Å². The van der Waals surface area contributed by atoms with E-state index in [1.54, 1.807) is 39.8 Å². The zero-order chi connectivity index (χ0) is 43.6. The molecule has 2 aromatic rings. The molecule has 5 rings (SSSR count). The number of amides is 1. The molecule has 1 amide bonds. The first-order valence-electron chi connectivity index (χ1n) is 20.5. The molecule has 3 fully saturated rings. The summed E-state index contributed by atoms with van der Waals surface area (Å²) in [6.07, 6.45) is -5.20. The molecular formula is C42H63N5O12. The SMILES string of the molecule is CC[C@H]1OC(=O)[C@H](C)C(=O)[C@H](C)[C@@H](O[C@@H]2O[C@H](C)C[C@H](N(C)C)[C@H]2O)[C@@]2(C)C[C@@H](C)C(=NC(C)=O)[C@H](C)[C@H](OC/C(=N\OCc3ccc4c(N)noc4c3)CO2)[C@]1(C)O. The summed E-state index contributed by atoms with van der Waals surface area (Å²) in [6.45, 7) is 14.6. The number of nitrogen functional groups attached to an aromatic ring is 1. The molecule has 3 aliphatic rings. The average molecular weight is 830 g/mol. The maximum absolute atomic E-state index is 14.5. The van der Waals surface area contributed by atoms with Gasteiger partial charge < -0.3 is 53.9 Å². The number of ether oxygens (including phenoxy) is 5. The summed E-state index contributed by atoms with van der Waals surface area (Å²) in [5.74, 6) is -5.11. The van der Waals surface area contributed by atoms with Crippen molar-refractivity contribution in [3.8, 4) is 0 Å². The lowest BCUT2D eigenvalue weighted by Gasteiger charge is -2.47. The number of cyclic esters (lactones) is 1. The summed E-state index contributed by atoms with van der Waals surface area (Å²) in [4.78, 5) is 53.4. The van der Waals surface area contributed by atoms with E-state index in [4.69, 9.17) is 38.8 Å². The topological polar surface area (TPSA) is 227 Å². The molecule has 4 heterocycles. The summed E-state index contributed by atoms with van der Waals surface area (Å²) in [5, 5.41) is 33.0. The number of likely N-dealkylation sites (N-methyl/N-ethyl adjacent to an activating group) is 1. The first-order chi connectivity index (χ1) is 27.7. The van der Waals surface area contributed by atoms with E-state index in [0.29, 0.717) is 28.7 Å². The molecule has 4 N–H and O–H groups in total. The number of nitrogens with zero attached hydrogens (tertiary/aromatic N) is 4. The number of anilines is 1. The van der Waals surface area contributed by atoms with Crippen LogP contribution in [0.2, 0.25) is 0 Å². The fraction of sp³-hybridized carbons (Fsp3) is 0.714. The van der Waals surface area contributed by atoms with Gasteiger partial charge in [-0.15, -0.1) is 0 Å². The van der Waals surface area contributed by atoms with Gasteiger partial charge >= 0.3 is 5.97 Å². The smallest absolute Gasteiger partial charge is 0.316 e. The summed E-state index contributed by atoms with van der Waals surface area (Å²) in [7, 11) is 3.72. The molecule has 3 aliphatic heterocycles. The molecule has 328 valence electrons. The highest BCUT2D eigenvalue weighted by Crippen LogP contribution is 2.40. The van der Waals surface area contributed by atoms with Gasteiger partial charge in [-0.25, -0.2) is 4.99 Å². The van der Waals surface area contributed by atoms with Crippen LogP contribution in [0, 0.1) is 23.7 Å². The van der Waals surface area contributed by atoms with Gasteiger partial charge in [-0.1, -0.05) is 44.1 Å². The molecule has 0 spiro atoms. The minimum absolute atomic E-state index is 0.0203. The van der Waals surface area contributed by atoms with Crippen molar-refractivity contribution in [3.63, 3.8) is 0 Å². The molecule has 0 unspecified atom stereocenters. The molecule has 0 saturated carbocycles. The molecular weight excluding hydrogens is 766 g/mol. The van der Waals surface area contributed by atoms with Gasteiger partial charge in [0.2, 0.25) is 5.91 Å². The molecule has 0 aliphatic carbocycles. The monoisotopic (exact) mass is 829 g/mol. The van der Waals surface area contributed by atoms with Gasteiger partial charge in [0.25, 0.3) is 0 Å². The highest BCUT2D eigenvalue weighted by Gasteiger charge is 2.53. The Labute approximate surface area is 345 Å². The van der Waals surface area contributed by atoms with Crippen molar-refractivity contribution >= 4 is 45.9 Å². The number of benzene rings is 1. The standard InChI is InChI=1S/C42H63N5O12/c1-12-32-42(9,52)37-23(4)33(44-26(7)48)21(2)17-41(8,54-20-28(19-53-37)45-55-18-27-13-14-29-31(16-27)59-46-38(29)43)36(24(5)34(49)25(6)39(51)57-32)58-40-35(50)30(47(10)11)15-22(3)56-40/h13-14,16,21-25,30,32,35-37,40,50,52H,12,15,17-20H2,1-11H3,(H2,43,46)/b44-33?,45-28+/t21-,22-,23+,24+,25-,30+,32-,35-,36-,37+,40+,41-,42-/m1/s1. The minimum Gasteiger partial charge on any atom is -0.459 e. The van der Waals surface area contributed by atoms with Crippen molar-refractivity contribution in [1.82, 2.24) is 10.1 Å². The molecule has 59 heavy (non-hydrogen) atoms. The Hall–Kier alpha value is -3.84. The van der Waals surface area contributed by atoms with Crippen LogP contribution in [0.3, 0.4) is 0 Å². The third kappa shape index (κ3) is 10.2. The van der Waals surface area contributed by atoms with Gasteiger partial charge in [0, 0.05) is 30.5 Å². The summed E-state index contributed by atoms with van der Waals surface area (Å²) in [6, 6.07) is 4.99. The molecule has 1 aromatic heterocycles. The van der Waals surface area contributed by atoms with Gasteiger partial charge in [-0.05, 0) is 84.7 Å². The minimum atomic E-state index is -1.86. The van der Waals surface area contributed by atoms with Gasteiger partial charge in [-0.2, -0.15) is 0 Å². The number of fused-ring (bicyclic) bond motifs is 6. The Kier molecular flexibility index (Phi) is 14.8. The number of aromatic nitrogens is 1. The average Bonchev–Trinajstić information content (AvgIpc) is 3.54. The number of rotatable bonds is 7. The van der Waals surface area contributed by atoms with E-state index in [9.17, 15) is 24.6 Å². The predicted octanol–water partition coefficient (Wildman–Crippen LogP) is 3.85. The van der Waals surface area contributed by atoms with Crippen LogP contribution in [0.1, 0.15) is 87.1 Å². The number of aliphatic hydroxyl groups excluding tert-OH is 1. The normalized spacial score (nSPS) is 38.2. The molecule has 1 aromatic carbocycles. The lowest BCUT2D eigenvalue weighted by Crippen LogP contribution is -2.60. The second-order valence-corrected chi connectivity index (χ2v) is 17.2. The van der Waals surface area contributed by atoms with Crippen molar-refractivity contribution < 1.29 is 57.6 Å². The Bertz CT molecular complexity index is 1880. The number of esters is 1. The van der Waals surface area contributed by atoms with E-state index in [2.05, 4.69) is 15.3 Å². The number of aliphatic hydroxyl groups is 2. The zero-order valence-corrected chi connectivity index (χ0v) is 36.2. The number of carbonyl (C=O) groups is 3. The van der Waals surface area contributed by atoms with E-state index in [1.165, 1.54) is 20.8 Å². The second kappa shape index (κ2) is 18.8. The van der Waals surface area contributed by atoms with Crippen LogP contribution in [0.4, 0.5) is 5.82 Å². The predicted molar refractivity (Wildman–Crippen MR) is 217 cm³/mol. The Morgan fingerprint density at radius 2 is 1.81 bits per heavy atom. The van der Waals surface area contributed by atoms with Crippen molar-refractivity contribution in [3.05, 3.63) is 23.8 Å². The lowest BCUT2D eigenvalue weighted by atomic mass is 9.73. The molecule has 3 saturated heterocycles. The lowest BCUT2D eigenvalue weighted by molar-refractivity contribution is -0.296. The Balaban J connectivity index is 1.66. The maximum Gasteiger partial charge on any atom is 0.316 e. The molecule has 17 nitrogen and oxygen atoms in total. The third-order valence-corrected chi connectivity index (χ3v) is 12.1. The quantitative estimate of drug-likeness (QED) is 0.205. The van der Waals surface area contributed by atoms with Crippen molar-refractivity contribution in [2.24, 2.45) is 33.8 Å². The summed E-state index contributed by atoms with van der Waals surface area (Å²) >= 11 is 0. The second-order valence-electron chi connectivity index (χ2n) is 17.2. The van der Waals surface area contributed by atoms with Crippen LogP contribution in [0.5, 0.6) is 0 Å². The molecule has 13 atom stereocenters. The number of aliphatic imine (C=N–C) groups is 1. The Morgan fingerprint density at radius 3 is 2.47 bits per heavy atom.